The molecule has 7 heteroatoms. The van der Waals surface area contributed by atoms with Gasteiger partial charge in [0, 0.05) is 5.56 Å². The zero-order valence-electron chi connectivity index (χ0n) is 13.3. The SMILES string of the molecule is COc1ccc2nc(-n3[nH]c4c(c3=O)OCc3ccccc3-4)sc2c1. The maximum absolute atomic E-state index is 12.8. The molecule has 2 aromatic heterocycles. The van der Waals surface area contributed by atoms with Gasteiger partial charge in [-0.2, -0.15) is 4.68 Å². The molecule has 0 saturated heterocycles. The fourth-order valence-electron chi connectivity index (χ4n) is 3.03. The molecule has 124 valence electrons. The maximum atomic E-state index is 12.8. The van der Waals surface area contributed by atoms with Crippen molar-refractivity contribution in [3.05, 3.63) is 58.4 Å². The number of nitrogens with one attached hydrogen (secondary N) is 1. The van der Waals surface area contributed by atoms with Crippen LogP contribution >= 0.6 is 11.3 Å². The van der Waals surface area contributed by atoms with Gasteiger partial charge < -0.3 is 9.47 Å². The molecule has 1 aliphatic rings. The topological polar surface area (TPSA) is 69.1 Å². The second kappa shape index (κ2) is 5.22. The van der Waals surface area contributed by atoms with Crippen LogP contribution in [0.15, 0.2) is 47.3 Å². The molecule has 0 spiro atoms. The Balaban J connectivity index is 1.69. The lowest BCUT2D eigenvalue weighted by atomic mass is 10.0. The molecule has 0 aliphatic carbocycles. The lowest BCUT2D eigenvalue weighted by Crippen LogP contribution is -2.16. The molecule has 6 nitrogen and oxygen atoms in total. The van der Waals surface area contributed by atoms with Crippen molar-refractivity contribution in [2.24, 2.45) is 0 Å². The molecular formula is C18H13N3O3S. The van der Waals surface area contributed by atoms with E-state index in [0.717, 1.165) is 27.1 Å². The molecule has 0 amide bonds. The van der Waals surface area contributed by atoms with Crippen molar-refractivity contribution in [3.63, 3.8) is 0 Å². The van der Waals surface area contributed by atoms with Crippen LogP contribution < -0.4 is 15.0 Å². The number of ether oxygens (including phenoxy) is 2. The average molecular weight is 351 g/mol. The van der Waals surface area contributed by atoms with Gasteiger partial charge >= 0.3 is 5.56 Å². The molecule has 3 heterocycles. The first-order valence-electron chi connectivity index (χ1n) is 7.75. The van der Waals surface area contributed by atoms with Gasteiger partial charge in [0.25, 0.3) is 0 Å². The first kappa shape index (κ1) is 14.3. The van der Waals surface area contributed by atoms with E-state index in [0.29, 0.717) is 23.2 Å². The van der Waals surface area contributed by atoms with Crippen molar-refractivity contribution in [1.82, 2.24) is 14.8 Å². The van der Waals surface area contributed by atoms with Crippen LogP contribution in [-0.2, 0) is 6.61 Å². The Morgan fingerprint density at radius 2 is 2.16 bits per heavy atom. The first-order valence-corrected chi connectivity index (χ1v) is 8.57. The van der Waals surface area contributed by atoms with E-state index in [-0.39, 0.29) is 5.56 Å². The molecule has 0 bridgehead atoms. The van der Waals surface area contributed by atoms with Crippen molar-refractivity contribution >= 4 is 21.6 Å². The number of rotatable bonds is 2. The molecule has 0 saturated carbocycles. The zero-order chi connectivity index (χ0) is 17.0. The second-order valence-corrected chi connectivity index (χ2v) is 6.74. The fraction of sp³-hybridized carbons (Fsp3) is 0.111. The monoisotopic (exact) mass is 351 g/mol. The molecule has 1 aliphatic heterocycles. The number of benzene rings is 2. The molecule has 0 radical (unpaired) electrons. The van der Waals surface area contributed by atoms with E-state index in [1.807, 2.05) is 42.5 Å². The summed E-state index contributed by atoms with van der Waals surface area (Å²) in [7, 11) is 1.63. The number of hydrogen-bond donors (Lipinski definition) is 1. The lowest BCUT2D eigenvalue weighted by Gasteiger charge is -2.15. The summed E-state index contributed by atoms with van der Waals surface area (Å²) in [6.07, 6.45) is 0. The number of H-pyrrole nitrogens is 1. The van der Waals surface area contributed by atoms with Gasteiger partial charge in [-0.25, -0.2) is 4.98 Å². The third-order valence-electron chi connectivity index (χ3n) is 4.28. The van der Waals surface area contributed by atoms with Crippen LogP contribution in [0.5, 0.6) is 11.5 Å². The van der Waals surface area contributed by atoms with E-state index in [1.165, 1.54) is 16.0 Å². The van der Waals surface area contributed by atoms with Gasteiger partial charge in [0.15, 0.2) is 0 Å². The van der Waals surface area contributed by atoms with E-state index in [9.17, 15) is 4.79 Å². The Hall–Kier alpha value is -3.06. The minimum absolute atomic E-state index is 0.226. The summed E-state index contributed by atoms with van der Waals surface area (Å²) < 4.78 is 13.3. The quantitative estimate of drug-likeness (QED) is 0.601. The van der Waals surface area contributed by atoms with E-state index in [2.05, 4.69) is 10.1 Å². The zero-order valence-corrected chi connectivity index (χ0v) is 14.1. The van der Waals surface area contributed by atoms with Gasteiger partial charge in [-0.3, -0.25) is 9.89 Å². The highest BCUT2D eigenvalue weighted by Crippen LogP contribution is 2.35. The Kier molecular flexibility index (Phi) is 2.98. The molecular weight excluding hydrogens is 338 g/mol. The van der Waals surface area contributed by atoms with Crippen LogP contribution in [0.25, 0.3) is 26.6 Å². The van der Waals surface area contributed by atoms with Crippen molar-refractivity contribution in [3.8, 4) is 27.9 Å². The second-order valence-electron chi connectivity index (χ2n) is 5.73. The summed E-state index contributed by atoms with van der Waals surface area (Å²) >= 11 is 1.42. The average Bonchev–Trinajstić information content (AvgIpc) is 3.22. The highest BCUT2D eigenvalue weighted by atomic mass is 32.1. The van der Waals surface area contributed by atoms with Gasteiger partial charge in [-0.05, 0) is 23.8 Å². The predicted octanol–water partition coefficient (Wildman–Crippen LogP) is 3.34. The maximum Gasteiger partial charge on any atom is 0.316 e. The Labute approximate surface area is 146 Å². The third-order valence-corrected chi connectivity index (χ3v) is 5.29. The summed E-state index contributed by atoms with van der Waals surface area (Å²) in [6.45, 7) is 0.396. The summed E-state index contributed by atoms with van der Waals surface area (Å²) in [4.78, 5) is 17.3. The van der Waals surface area contributed by atoms with Crippen LogP contribution in [0, 0.1) is 0 Å². The van der Waals surface area contributed by atoms with Gasteiger partial charge in [0.05, 0.1) is 17.3 Å². The minimum Gasteiger partial charge on any atom is -0.497 e. The number of nitrogens with zero attached hydrogens (tertiary/aromatic N) is 2. The van der Waals surface area contributed by atoms with Gasteiger partial charge in [0.1, 0.15) is 18.1 Å². The largest absolute Gasteiger partial charge is 0.497 e. The first-order chi connectivity index (χ1) is 12.2. The molecule has 4 aromatic rings. The van der Waals surface area contributed by atoms with Crippen LogP contribution in [0.2, 0.25) is 0 Å². The number of methoxy groups -OCH3 is 1. The van der Waals surface area contributed by atoms with Gasteiger partial charge in [-0.15, -0.1) is 0 Å². The summed E-state index contributed by atoms with van der Waals surface area (Å²) in [5.41, 5.74) is 3.33. The Bertz CT molecular complexity index is 1170. The molecule has 25 heavy (non-hydrogen) atoms. The minimum atomic E-state index is -0.226. The molecule has 5 rings (SSSR count). The van der Waals surface area contributed by atoms with E-state index < -0.39 is 0 Å². The highest BCUT2D eigenvalue weighted by Gasteiger charge is 2.25. The number of thiazole rings is 1. The number of aromatic nitrogens is 3. The van der Waals surface area contributed by atoms with Crippen LogP contribution in [0.4, 0.5) is 0 Å². The standard InChI is InChI=1S/C18H13N3O3S/c1-23-11-6-7-13-14(8-11)25-18(19-13)21-17(22)16-15(20-21)12-5-3-2-4-10(12)9-24-16/h2-8,20H,9H2,1H3. The van der Waals surface area contributed by atoms with Gasteiger partial charge in [0.2, 0.25) is 10.9 Å². The number of hydrogen-bond acceptors (Lipinski definition) is 5. The summed E-state index contributed by atoms with van der Waals surface area (Å²) in [5, 5.41) is 3.73. The predicted molar refractivity (Wildman–Crippen MR) is 95.9 cm³/mol. The number of aromatic amines is 1. The van der Waals surface area contributed by atoms with E-state index in [1.54, 1.807) is 7.11 Å². The molecule has 0 fully saturated rings. The lowest BCUT2D eigenvalue weighted by molar-refractivity contribution is 0.299. The van der Waals surface area contributed by atoms with Crippen LogP contribution in [0.1, 0.15) is 5.56 Å². The number of fused-ring (bicyclic) bond motifs is 4. The van der Waals surface area contributed by atoms with E-state index >= 15 is 0 Å². The van der Waals surface area contributed by atoms with Crippen molar-refractivity contribution in [1.29, 1.82) is 0 Å². The van der Waals surface area contributed by atoms with Crippen LogP contribution in [-0.4, -0.2) is 21.9 Å². The molecule has 0 atom stereocenters. The molecule has 2 aromatic carbocycles. The van der Waals surface area contributed by atoms with Crippen molar-refractivity contribution in [2.45, 2.75) is 6.61 Å². The molecule has 0 unspecified atom stereocenters. The smallest absolute Gasteiger partial charge is 0.316 e. The molecule has 1 N–H and O–H groups in total. The van der Waals surface area contributed by atoms with Crippen molar-refractivity contribution in [2.75, 3.05) is 7.11 Å². The fourth-order valence-corrected chi connectivity index (χ4v) is 3.98. The summed E-state index contributed by atoms with van der Waals surface area (Å²) in [6, 6.07) is 13.5. The van der Waals surface area contributed by atoms with Crippen LogP contribution in [0.3, 0.4) is 0 Å². The third kappa shape index (κ3) is 2.09. The van der Waals surface area contributed by atoms with Gasteiger partial charge in [-0.1, -0.05) is 35.6 Å². The normalized spacial score (nSPS) is 12.5. The Morgan fingerprint density at radius 1 is 1.28 bits per heavy atom. The highest BCUT2D eigenvalue weighted by molar-refractivity contribution is 7.20. The van der Waals surface area contributed by atoms with E-state index in [4.69, 9.17) is 9.47 Å². The summed E-state index contributed by atoms with van der Waals surface area (Å²) in [5.74, 6) is 1.11. The Morgan fingerprint density at radius 3 is 3.04 bits per heavy atom. The van der Waals surface area contributed by atoms with Crippen molar-refractivity contribution < 1.29 is 9.47 Å².